The quantitative estimate of drug-likeness (QED) is 0.0980. The predicted molar refractivity (Wildman–Crippen MR) is 280 cm³/mol. The number of piperidine rings is 1. The largest absolute Gasteiger partial charge is 0.381 e. The molecule has 2 aromatic rings. The van der Waals surface area contributed by atoms with Crippen molar-refractivity contribution in [2.45, 2.75) is 86.5 Å². The molecule has 2 unspecified atom stereocenters. The standard InChI is InChI=1S/C27H45N5O3S.C23H37N3O3S2/c1-2-3-4-5-24-6-8-25(9-7-24)31-16-18-32(19-17-31)36(34)27(26(28)33)10-12-29(13-11-27)14-15-30-20-22-35-23-21-30;1-4-24-22(27)23(10-16-29-17-11-23)31(3)26-14-12-25(13-15-26)20-6-8-21(9-7-20)30-19-18-28-5-2/h6-9H,2-5,10-23H2,1H3,(H2,28,33);6-9H,3-5,10-19H2,1-2H3,(H,24,27). The Kier molecular flexibility index (Phi) is 22.2. The minimum absolute atomic E-state index is 0.150. The number of thioether (sulfide) groups is 1. The van der Waals surface area contributed by atoms with Crippen LogP contribution in [0.5, 0.6) is 0 Å². The van der Waals surface area contributed by atoms with Crippen molar-refractivity contribution < 1.29 is 28.0 Å². The SMILES string of the molecule is C=S(N1CCN(c2ccc(SCCOCC)cc2)CC1)C1(C(=O)NCC)CCOCC1.CCCCCc1ccc(N2CCN(S(=O)C3(C(N)=O)CCN(CCN4CCOCC4)CC3)CC2)cc1. The van der Waals surface area contributed by atoms with E-state index in [0.717, 1.165) is 130 Å². The Labute approximate surface area is 412 Å². The fourth-order valence-corrected chi connectivity index (χ4v) is 14.2. The van der Waals surface area contributed by atoms with E-state index in [1.54, 1.807) is 0 Å². The van der Waals surface area contributed by atoms with Gasteiger partial charge in [-0.3, -0.25) is 18.8 Å². The van der Waals surface area contributed by atoms with Gasteiger partial charge in [0.15, 0.2) is 0 Å². The van der Waals surface area contributed by atoms with Gasteiger partial charge < -0.3 is 40.0 Å². The van der Waals surface area contributed by atoms with Gasteiger partial charge in [0.1, 0.15) is 20.5 Å². The molecule has 0 aliphatic carbocycles. The molecular formula is C50H82N8O6S3. The summed E-state index contributed by atoms with van der Waals surface area (Å²) < 4.78 is 33.2. The van der Waals surface area contributed by atoms with Crippen LogP contribution in [0.1, 0.15) is 71.3 Å². The van der Waals surface area contributed by atoms with Gasteiger partial charge in [0.05, 0.1) is 19.8 Å². The molecule has 5 saturated heterocycles. The number of likely N-dealkylation sites (tertiary alicyclic amines) is 1. The lowest BCUT2D eigenvalue weighted by molar-refractivity contribution is -0.125. The number of aryl methyl sites for hydroxylation is 1. The maximum absolute atomic E-state index is 13.7. The zero-order chi connectivity index (χ0) is 47.5. The number of unbranched alkanes of at least 4 members (excludes halogenated alkanes) is 2. The van der Waals surface area contributed by atoms with Crippen molar-refractivity contribution in [1.29, 1.82) is 0 Å². The van der Waals surface area contributed by atoms with E-state index in [1.165, 1.54) is 41.1 Å². The van der Waals surface area contributed by atoms with Gasteiger partial charge in [0.2, 0.25) is 11.8 Å². The van der Waals surface area contributed by atoms with Crippen molar-refractivity contribution in [2.75, 3.05) is 153 Å². The van der Waals surface area contributed by atoms with Crippen LogP contribution in [-0.4, -0.2) is 193 Å². The van der Waals surface area contributed by atoms with Crippen molar-refractivity contribution in [3.05, 3.63) is 54.1 Å². The zero-order valence-electron chi connectivity index (χ0n) is 41.0. The summed E-state index contributed by atoms with van der Waals surface area (Å²) in [5.74, 6) is 5.24. The normalized spacial score (nSPS) is 21.8. The maximum atomic E-state index is 13.7. The van der Waals surface area contributed by atoms with E-state index < -0.39 is 26.4 Å². The first-order valence-electron chi connectivity index (χ1n) is 25.2. The average Bonchev–Trinajstić information content (AvgIpc) is 3.38. The van der Waals surface area contributed by atoms with E-state index in [1.807, 2.05) is 29.9 Å². The number of ether oxygens (including phenoxy) is 3. The summed E-state index contributed by atoms with van der Waals surface area (Å²) in [4.78, 5) is 36.5. The fraction of sp³-hybridized carbons (Fsp3) is 0.700. The predicted octanol–water partition coefficient (Wildman–Crippen LogP) is 5.10. The van der Waals surface area contributed by atoms with Crippen molar-refractivity contribution in [1.82, 2.24) is 23.7 Å². The van der Waals surface area contributed by atoms with Crippen molar-refractivity contribution in [2.24, 2.45) is 5.73 Å². The maximum Gasteiger partial charge on any atom is 0.237 e. The van der Waals surface area contributed by atoms with Crippen LogP contribution in [0.25, 0.3) is 0 Å². The third-order valence-electron chi connectivity index (χ3n) is 14.1. The number of hydrogen-bond acceptors (Lipinski definition) is 12. The van der Waals surface area contributed by atoms with Crippen molar-refractivity contribution in [3.8, 4) is 0 Å². The Hall–Kier alpha value is -2.58. The number of piperazine rings is 2. The van der Waals surface area contributed by atoms with Gasteiger partial charge in [-0.05, 0) is 94.3 Å². The lowest BCUT2D eigenvalue weighted by Crippen LogP contribution is -2.60. The number of carbonyl (C=O) groups excluding carboxylic acids is 2. The Morgan fingerprint density at radius 1 is 0.716 bits per heavy atom. The Morgan fingerprint density at radius 2 is 1.27 bits per heavy atom. The number of benzene rings is 2. The van der Waals surface area contributed by atoms with Crippen LogP contribution in [-0.2, 0) is 41.2 Å². The number of nitrogens with one attached hydrogen (secondary N) is 1. The first-order chi connectivity index (χ1) is 32.6. The Balaban J connectivity index is 0.000000224. The van der Waals surface area contributed by atoms with E-state index in [9.17, 15) is 13.8 Å². The van der Waals surface area contributed by atoms with Gasteiger partial charge in [-0.15, -0.1) is 22.4 Å². The molecule has 0 bridgehead atoms. The van der Waals surface area contributed by atoms with Crippen molar-refractivity contribution >= 4 is 62.5 Å². The number of carbonyl (C=O) groups is 2. The highest BCUT2D eigenvalue weighted by molar-refractivity contribution is 8.13. The third-order valence-corrected chi connectivity index (χ3v) is 19.7. The second-order valence-electron chi connectivity index (χ2n) is 18.2. The molecule has 17 heteroatoms. The molecule has 5 heterocycles. The lowest BCUT2D eigenvalue weighted by Gasteiger charge is -2.45. The molecule has 0 saturated carbocycles. The second-order valence-corrected chi connectivity index (χ2v) is 23.2. The van der Waals surface area contributed by atoms with E-state index in [0.29, 0.717) is 45.7 Å². The van der Waals surface area contributed by atoms with E-state index in [4.69, 9.17) is 19.9 Å². The summed E-state index contributed by atoms with van der Waals surface area (Å²) in [5.41, 5.74) is 9.79. The number of nitrogens with zero attached hydrogens (tertiary/aromatic N) is 6. The summed E-state index contributed by atoms with van der Waals surface area (Å²) in [7, 11) is -1.77. The van der Waals surface area contributed by atoms with E-state index in [2.05, 4.69) is 90.5 Å². The highest BCUT2D eigenvalue weighted by atomic mass is 32.2. The molecule has 2 amide bonds. The van der Waals surface area contributed by atoms with Gasteiger partial charge in [-0.1, -0.05) is 37.8 Å². The number of hydrogen-bond donors (Lipinski definition) is 2. The Morgan fingerprint density at radius 3 is 1.82 bits per heavy atom. The van der Waals surface area contributed by atoms with Gasteiger partial charge in [-0.25, -0.2) is 8.51 Å². The number of primary amides is 1. The van der Waals surface area contributed by atoms with Crippen LogP contribution in [0.3, 0.4) is 0 Å². The van der Waals surface area contributed by atoms with Crippen LogP contribution in [0, 0.1) is 0 Å². The van der Waals surface area contributed by atoms with Crippen molar-refractivity contribution in [3.63, 3.8) is 0 Å². The molecule has 5 fully saturated rings. The van der Waals surface area contributed by atoms with E-state index >= 15 is 0 Å². The van der Waals surface area contributed by atoms with Gasteiger partial charge in [-0.2, -0.15) is 0 Å². The highest BCUT2D eigenvalue weighted by Gasteiger charge is 2.48. The summed E-state index contributed by atoms with van der Waals surface area (Å²) in [6.07, 6.45) is 7.56. The highest BCUT2D eigenvalue weighted by Crippen LogP contribution is 2.43. The molecule has 2 aromatic carbocycles. The second kappa shape index (κ2) is 27.7. The zero-order valence-corrected chi connectivity index (χ0v) is 43.4. The Bertz CT molecular complexity index is 1830. The molecule has 3 N–H and O–H groups in total. The van der Waals surface area contributed by atoms with Crippen LogP contribution >= 0.6 is 22.4 Å². The van der Waals surface area contributed by atoms with Crippen LogP contribution < -0.4 is 20.9 Å². The molecule has 376 valence electrons. The fourth-order valence-electron chi connectivity index (χ4n) is 9.69. The topological polar surface area (TPSA) is 136 Å². The van der Waals surface area contributed by atoms with E-state index in [-0.39, 0.29) is 16.6 Å². The minimum atomic E-state index is -1.41. The number of amides is 2. The molecule has 5 aliphatic heterocycles. The first-order valence-corrected chi connectivity index (χ1v) is 28.6. The molecule has 67 heavy (non-hydrogen) atoms. The third kappa shape index (κ3) is 15.0. The van der Waals surface area contributed by atoms with Gasteiger partial charge in [0.25, 0.3) is 0 Å². The average molecular weight is 987 g/mol. The molecular weight excluding hydrogens is 905 g/mol. The van der Waals surface area contributed by atoms with Crippen LogP contribution in [0.2, 0.25) is 0 Å². The minimum Gasteiger partial charge on any atom is -0.381 e. The monoisotopic (exact) mass is 987 g/mol. The molecule has 0 spiro atoms. The van der Waals surface area contributed by atoms with Gasteiger partial charge >= 0.3 is 0 Å². The van der Waals surface area contributed by atoms with Crippen LogP contribution in [0.4, 0.5) is 11.4 Å². The van der Waals surface area contributed by atoms with Gasteiger partial charge in [0, 0.05) is 140 Å². The first kappa shape index (κ1) is 53.8. The summed E-state index contributed by atoms with van der Waals surface area (Å²) in [5, 5.41) is 3.06. The molecule has 7 rings (SSSR count). The molecule has 2 atom stereocenters. The molecule has 0 aromatic heterocycles. The summed E-state index contributed by atoms with van der Waals surface area (Å²) >= 11 is 1.84. The molecule has 14 nitrogen and oxygen atoms in total. The number of morpholine rings is 1. The number of rotatable bonds is 21. The van der Waals surface area contributed by atoms with Crippen LogP contribution in [0.15, 0.2) is 53.4 Å². The summed E-state index contributed by atoms with van der Waals surface area (Å²) in [6.45, 7) is 23.6. The number of anilines is 2. The molecule has 5 aliphatic rings. The number of nitrogens with two attached hydrogens (primary N) is 1. The summed E-state index contributed by atoms with van der Waals surface area (Å²) in [6, 6.07) is 17.8. The molecule has 0 radical (unpaired) electrons. The smallest absolute Gasteiger partial charge is 0.237 e. The lowest BCUT2D eigenvalue weighted by atomic mass is 9.95.